The van der Waals surface area contributed by atoms with Crippen molar-refractivity contribution in [3.8, 4) is 0 Å². The van der Waals surface area contributed by atoms with Gasteiger partial charge in [0.15, 0.2) is 0 Å². The summed E-state index contributed by atoms with van der Waals surface area (Å²) in [4.78, 5) is 52.5. The van der Waals surface area contributed by atoms with Crippen LogP contribution in [0.25, 0.3) is 0 Å². The number of nitrogens with zero attached hydrogens (tertiary/aromatic N) is 2. The molecule has 4 rings (SSSR count). The van der Waals surface area contributed by atoms with Crippen LogP contribution in [0, 0.1) is 38.5 Å². The lowest BCUT2D eigenvalue weighted by Gasteiger charge is -2.32. The monoisotopic (exact) mass is 411 g/mol. The molecule has 3 aliphatic rings. The van der Waals surface area contributed by atoms with Crippen LogP contribution >= 0.6 is 0 Å². The van der Waals surface area contributed by atoms with Crippen LogP contribution in [0.15, 0.2) is 12.1 Å². The van der Waals surface area contributed by atoms with Crippen molar-refractivity contribution in [3.63, 3.8) is 0 Å². The second kappa shape index (κ2) is 7.52. The molecule has 2 saturated carbocycles. The van der Waals surface area contributed by atoms with Crippen LogP contribution in [-0.4, -0.2) is 46.1 Å². The number of amides is 5. The Morgan fingerprint density at radius 2 is 1.73 bits per heavy atom. The molecule has 0 aromatic heterocycles. The van der Waals surface area contributed by atoms with Crippen molar-refractivity contribution >= 4 is 29.4 Å². The third kappa shape index (κ3) is 3.40. The van der Waals surface area contributed by atoms with Gasteiger partial charge in [0.05, 0.1) is 0 Å². The van der Waals surface area contributed by atoms with Crippen LogP contribution in [0.2, 0.25) is 0 Å². The van der Waals surface area contributed by atoms with Crippen molar-refractivity contribution in [1.29, 1.82) is 0 Å². The Balaban J connectivity index is 1.46. The molecule has 1 aromatic rings. The molecule has 4 atom stereocenters. The summed E-state index contributed by atoms with van der Waals surface area (Å²) in [6.07, 6.45) is 4.51. The molecule has 7 heteroatoms. The van der Waals surface area contributed by atoms with E-state index in [-0.39, 0.29) is 12.0 Å². The van der Waals surface area contributed by atoms with Crippen molar-refractivity contribution in [2.24, 2.45) is 17.8 Å². The number of imide groups is 2. The summed E-state index contributed by atoms with van der Waals surface area (Å²) in [5.41, 5.74) is 3.57. The molecule has 1 aromatic carbocycles. The van der Waals surface area contributed by atoms with E-state index in [2.05, 4.69) is 5.32 Å². The first-order valence-electron chi connectivity index (χ1n) is 10.7. The number of hydrogen-bond donors (Lipinski definition) is 1. The normalized spacial score (nSPS) is 26.7. The minimum Gasteiger partial charge on any atom is -0.324 e. The Labute approximate surface area is 176 Å². The largest absolute Gasteiger partial charge is 0.334 e. The summed E-state index contributed by atoms with van der Waals surface area (Å²) >= 11 is 0. The Bertz CT molecular complexity index is 917. The predicted octanol–water partition coefficient (Wildman–Crippen LogP) is 3.17. The number of nitrogens with one attached hydrogen (secondary N) is 1. The number of aryl methyl sites for hydroxylation is 3. The van der Waals surface area contributed by atoms with E-state index in [4.69, 9.17) is 0 Å². The number of rotatable bonds is 5. The van der Waals surface area contributed by atoms with Crippen LogP contribution in [0.3, 0.4) is 0 Å². The summed E-state index contributed by atoms with van der Waals surface area (Å²) in [5, 5.41) is 2.79. The standard InChI is InChI=1S/C23H29N3O4/c1-12-7-13(2)20(14(3)8-12)24-19(27)11-25-21(28)22(29)26(23(25)30)15(4)18-10-16-5-6-17(18)9-16/h7-8,15-18H,5-6,9-11H2,1-4H3,(H,24,27). The molecule has 0 radical (unpaired) electrons. The first-order chi connectivity index (χ1) is 14.2. The zero-order valence-corrected chi connectivity index (χ0v) is 18.0. The van der Waals surface area contributed by atoms with E-state index in [0.717, 1.165) is 45.8 Å². The van der Waals surface area contributed by atoms with Gasteiger partial charge >= 0.3 is 17.8 Å². The summed E-state index contributed by atoms with van der Waals surface area (Å²) in [6, 6.07) is 2.92. The van der Waals surface area contributed by atoms with E-state index in [0.29, 0.717) is 17.5 Å². The zero-order chi connectivity index (χ0) is 21.7. The summed E-state index contributed by atoms with van der Waals surface area (Å²) in [6.45, 7) is 7.16. The zero-order valence-electron chi connectivity index (χ0n) is 18.0. The van der Waals surface area contributed by atoms with E-state index >= 15 is 0 Å². The Kier molecular flexibility index (Phi) is 5.16. The van der Waals surface area contributed by atoms with Gasteiger partial charge < -0.3 is 5.32 Å². The van der Waals surface area contributed by atoms with Gasteiger partial charge in [-0.05, 0) is 75.8 Å². The highest BCUT2D eigenvalue weighted by molar-refractivity contribution is 6.45. The van der Waals surface area contributed by atoms with E-state index < -0.39 is 30.3 Å². The van der Waals surface area contributed by atoms with Crippen LogP contribution < -0.4 is 5.32 Å². The van der Waals surface area contributed by atoms with Crippen LogP contribution in [0.1, 0.15) is 49.3 Å². The molecule has 30 heavy (non-hydrogen) atoms. The Hall–Kier alpha value is -2.70. The molecule has 0 spiro atoms. The number of hydrogen-bond acceptors (Lipinski definition) is 4. The lowest BCUT2D eigenvalue weighted by Crippen LogP contribution is -2.45. The number of anilines is 1. The maximum Gasteiger partial charge on any atom is 0.334 e. The van der Waals surface area contributed by atoms with Gasteiger partial charge in [-0.25, -0.2) is 9.69 Å². The Morgan fingerprint density at radius 1 is 1.07 bits per heavy atom. The van der Waals surface area contributed by atoms with E-state index in [1.54, 1.807) is 0 Å². The highest BCUT2D eigenvalue weighted by Crippen LogP contribution is 2.50. The second-order valence-electron chi connectivity index (χ2n) is 9.25. The molecule has 2 bridgehead atoms. The minimum absolute atomic E-state index is 0.246. The second-order valence-corrected chi connectivity index (χ2v) is 9.25. The van der Waals surface area contributed by atoms with Crippen LogP contribution in [-0.2, 0) is 14.4 Å². The van der Waals surface area contributed by atoms with Crippen LogP contribution in [0.4, 0.5) is 10.5 Å². The first kappa shape index (κ1) is 20.6. The van der Waals surface area contributed by atoms with Gasteiger partial charge in [0.2, 0.25) is 5.91 Å². The molecule has 7 nitrogen and oxygen atoms in total. The van der Waals surface area contributed by atoms with Crippen molar-refractivity contribution in [3.05, 3.63) is 28.8 Å². The minimum atomic E-state index is -0.914. The molecule has 1 N–H and O–H groups in total. The molecule has 160 valence electrons. The van der Waals surface area contributed by atoms with Gasteiger partial charge in [0, 0.05) is 11.7 Å². The summed E-state index contributed by atoms with van der Waals surface area (Å²) in [7, 11) is 0. The van der Waals surface area contributed by atoms with E-state index in [1.807, 2.05) is 39.8 Å². The fourth-order valence-electron chi connectivity index (χ4n) is 5.80. The third-order valence-electron chi connectivity index (χ3n) is 7.15. The van der Waals surface area contributed by atoms with Gasteiger partial charge in [-0.1, -0.05) is 24.1 Å². The lowest BCUT2D eigenvalue weighted by atomic mass is 9.83. The van der Waals surface area contributed by atoms with E-state index in [9.17, 15) is 19.2 Å². The van der Waals surface area contributed by atoms with Gasteiger partial charge in [0.25, 0.3) is 0 Å². The van der Waals surface area contributed by atoms with Gasteiger partial charge in [-0.2, -0.15) is 0 Å². The van der Waals surface area contributed by atoms with Crippen molar-refractivity contribution in [2.45, 2.75) is 59.4 Å². The maximum atomic E-state index is 12.9. The molecule has 4 unspecified atom stereocenters. The first-order valence-corrected chi connectivity index (χ1v) is 10.7. The topological polar surface area (TPSA) is 86.8 Å². The van der Waals surface area contributed by atoms with Crippen molar-refractivity contribution in [2.75, 3.05) is 11.9 Å². The fraction of sp³-hybridized carbons (Fsp3) is 0.565. The number of urea groups is 1. The molecule has 1 saturated heterocycles. The number of carbonyl (C=O) groups excluding carboxylic acids is 4. The smallest absolute Gasteiger partial charge is 0.324 e. The molecule has 1 aliphatic heterocycles. The van der Waals surface area contributed by atoms with E-state index in [1.165, 1.54) is 6.42 Å². The van der Waals surface area contributed by atoms with Crippen molar-refractivity contribution < 1.29 is 19.2 Å². The molecule has 3 fully saturated rings. The lowest BCUT2D eigenvalue weighted by molar-refractivity contribution is -0.144. The average molecular weight is 412 g/mol. The highest BCUT2D eigenvalue weighted by atomic mass is 16.2. The average Bonchev–Trinajstić information content (AvgIpc) is 3.36. The quantitative estimate of drug-likeness (QED) is 0.596. The highest BCUT2D eigenvalue weighted by Gasteiger charge is 2.52. The predicted molar refractivity (Wildman–Crippen MR) is 112 cm³/mol. The third-order valence-corrected chi connectivity index (χ3v) is 7.15. The number of carbonyl (C=O) groups is 4. The number of benzene rings is 1. The maximum absolute atomic E-state index is 12.9. The fourth-order valence-corrected chi connectivity index (χ4v) is 5.80. The molecule has 1 heterocycles. The molecular formula is C23H29N3O4. The van der Waals surface area contributed by atoms with Crippen LogP contribution in [0.5, 0.6) is 0 Å². The SMILES string of the molecule is Cc1cc(C)c(NC(=O)CN2C(=O)C(=O)N(C(C)C3CC4CCC3C4)C2=O)c(C)c1. The van der Waals surface area contributed by atoms with Crippen molar-refractivity contribution in [1.82, 2.24) is 9.80 Å². The van der Waals surface area contributed by atoms with Gasteiger partial charge in [-0.15, -0.1) is 0 Å². The molecule has 2 aliphatic carbocycles. The summed E-state index contributed by atoms with van der Waals surface area (Å²) in [5.74, 6) is -0.780. The Morgan fingerprint density at radius 3 is 2.30 bits per heavy atom. The van der Waals surface area contributed by atoms with Gasteiger partial charge in [-0.3, -0.25) is 19.3 Å². The number of fused-ring (bicyclic) bond motifs is 2. The molecular weight excluding hydrogens is 382 g/mol. The molecule has 5 amide bonds. The summed E-state index contributed by atoms with van der Waals surface area (Å²) < 4.78 is 0. The van der Waals surface area contributed by atoms with Gasteiger partial charge in [0.1, 0.15) is 6.54 Å².